The molecule has 1 aromatic heterocycles. The first kappa shape index (κ1) is 12.6. The smallest absolute Gasteiger partial charge is 0.185 e. The maximum Gasteiger partial charge on any atom is 0.185 e. The van der Waals surface area contributed by atoms with Crippen LogP contribution in [0.4, 0.5) is 0 Å². The molecule has 2 aromatic rings. The van der Waals surface area contributed by atoms with E-state index >= 15 is 0 Å². The lowest BCUT2D eigenvalue weighted by Crippen LogP contribution is -1.88. The molecule has 0 unspecified atom stereocenters. The van der Waals surface area contributed by atoms with Crippen molar-refractivity contribution in [1.82, 2.24) is 9.97 Å². The van der Waals surface area contributed by atoms with Crippen molar-refractivity contribution < 1.29 is 4.79 Å². The van der Waals surface area contributed by atoms with Gasteiger partial charge in [-0.1, -0.05) is 29.8 Å². The Bertz CT molecular complexity index is 628. The van der Waals surface area contributed by atoms with E-state index in [2.05, 4.69) is 21.8 Å². The van der Waals surface area contributed by atoms with Gasteiger partial charge in [-0.25, -0.2) is 4.98 Å². The summed E-state index contributed by atoms with van der Waals surface area (Å²) in [7, 11) is 0. The van der Waals surface area contributed by atoms with Crippen LogP contribution in [0.3, 0.4) is 0 Å². The van der Waals surface area contributed by atoms with Crippen molar-refractivity contribution in [3.63, 3.8) is 0 Å². The minimum atomic E-state index is 0.127. The second-order valence-electron chi connectivity index (χ2n) is 3.64. The highest BCUT2D eigenvalue weighted by atomic mass is 32.2. The number of para-hydroxylation sites is 2. The number of thioether (sulfide) groups is 1. The van der Waals surface area contributed by atoms with Gasteiger partial charge in [-0.3, -0.25) is 9.78 Å². The number of aromatic nitrogens is 2. The summed E-state index contributed by atoms with van der Waals surface area (Å²) in [5.41, 5.74) is 2.39. The third kappa shape index (κ3) is 3.57. The lowest BCUT2D eigenvalue weighted by molar-refractivity contribution is -0.109. The van der Waals surface area contributed by atoms with Crippen LogP contribution in [0.5, 0.6) is 0 Å². The van der Waals surface area contributed by atoms with Gasteiger partial charge < -0.3 is 0 Å². The van der Waals surface area contributed by atoms with Crippen LogP contribution in [-0.2, 0) is 4.79 Å². The summed E-state index contributed by atoms with van der Waals surface area (Å²) in [6.07, 6.45) is 2.35. The predicted molar refractivity (Wildman–Crippen MR) is 74.2 cm³/mol. The van der Waals surface area contributed by atoms with Gasteiger partial charge in [0.2, 0.25) is 0 Å². The molecule has 0 aliphatic carbocycles. The highest BCUT2D eigenvalue weighted by molar-refractivity contribution is 8.13. The van der Waals surface area contributed by atoms with Crippen LogP contribution in [0.2, 0.25) is 0 Å². The van der Waals surface area contributed by atoms with E-state index in [0.29, 0.717) is 12.1 Å². The van der Waals surface area contributed by atoms with Gasteiger partial charge in [-0.05, 0) is 18.1 Å². The molecule has 1 aromatic carbocycles. The normalized spacial score (nSPS) is 9.83. The summed E-state index contributed by atoms with van der Waals surface area (Å²) < 4.78 is 0. The molecule has 4 heteroatoms. The zero-order chi connectivity index (χ0) is 12.8. The minimum Gasteiger partial charge on any atom is -0.288 e. The van der Waals surface area contributed by atoms with Gasteiger partial charge in [0.05, 0.1) is 17.2 Å². The zero-order valence-electron chi connectivity index (χ0n) is 10.0. The Morgan fingerprint density at radius 3 is 2.89 bits per heavy atom. The summed E-state index contributed by atoms with van der Waals surface area (Å²) in [4.78, 5) is 19.4. The molecule has 0 aliphatic heterocycles. The van der Waals surface area contributed by atoms with Gasteiger partial charge in [-0.2, -0.15) is 0 Å². The summed E-state index contributed by atoms with van der Waals surface area (Å²) in [6, 6.07) is 7.70. The second kappa shape index (κ2) is 6.18. The topological polar surface area (TPSA) is 42.9 Å². The van der Waals surface area contributed by atoms with Crippen molar-refractivity contribution in [2.45, 2.75) is 13.3 Å². The molecule has 90 valence electrons. The molecule has 1 heterocycles. The Hall–Kier alpha value is -1.86. The fourth-order valence-corrected chi connectivity index (χ4v) is 1.91. The molecule has 0 saturated carbocycles. The lowest BCUT2D eigenvalue weighted by atomic mass is 10.3. The van der Waals surface area contributed by atoms with E-state index in [1.54, 1.807) is 13.1 Å². The van der Waals surface area contributed by atoms with Crippen molar-refractivity contribution >= 4 is 27.9 Å². The van der Waals surface area contributed by atoms with Crippen LogP contribution in [0.15, 0.2) is 30.5 Å². The van der Waals surface area contributed by atoms with Crippen molar-refractivity contribution in [1.29, 1.82) is 0 Å². The third-order valence-corrected chi connectivity index (χ3v) is 3.01. The van der Waals surface area contributed by atoms with Crippen molar-refractivity contribution in [3.8, 4) is 11.8 Å². The van der Waals surface area contributed by atoms with E-state index < -0.39 is 0 Å². The van der Waals surface area contributed by atoms with E-state index in [4.69, 9.17) is 0 Å². The van der Waals surface area contributed by atoms with E-state index in [1.807, 2.05) is 24.3 Å². The Kier molecular flexibility index (Phi) is 4.32. The second-order valence-corrected chi connectivity index (χ2v) is 4.91. The molecule has 0 aliphatic rings. The van der Waals surface area contributed by atoms with Gasteiger partial charge in [-0.15, -0.1) is 0 Å². The molecule has 0 amide bonds. The molecule has 0 radical (unpaired) electrons. The van der Waals surface area contributed by atoms with Gasteiger partial charge in [0.1, 0.15) is 5.69 Å². The Morgan fingerprint density at radius 2 is 2.11 bits per heavy atom. The van der Waals surface area contributed by atoms with E-state index in [0.717, 1.165) is 16.8 Å². The van der Waals surface area contributed by atoms with Crippen LogP contribution in [0.1, 0.15) is 19.0 Å². The van der Waals surface area contributed by atoms with Crippen molar-refractivity contribution in [2.75, 3.05) is 5.75 Å². The highest BCUT2D eigenvalue weighted by Gasteiger charge is 1.95. The Morgan fingerprint density at radius 1 is 1.33 bits per heavy atom. The first-order valence-corrected chi connectivity index (χ1v) is 6.58. The molecule has 2 rings (SSSR count). The van der Waals surface area contributed by atoms with Gasteiger partial charge in [0, 0.05) is 19.1 Å². The van der Waals surface area contributed by atoms with E-state index in [-0.39, 0.29) is 5.12 Å². The maximum absolute atomic E-state index is 10.7. The average molecular weight is 256 g/mol. The van der Waals surface area contributed by atoms with Crippen LogP contribution in [0, 0.1) is 11.8 Å². The third-order valence-electron chi connectivity index (χ3n) is 2.20. The molecular weight excluding hydrogens is 244 g/mol. The SMILES string of the molecule is CC(=O)SCCC#Cc1cnc2ccccc2n1. The largest absolute Gasteiger partial charge is 0.288 e. The average Bonchev–Trinajstić information content (AvgIpc) is 2.38. The molecule has 0 N–H and O–H groups in total. The summed E-state index contributed by atoms with van der Waals surface area (Å²) in [5, 5.41) is 0.127. The fraction of sp³-hybridized carbons (Fsp3) is 0.214. The number of fused-ring (bicyclic) bond motifs is 1. The lowest BCUT2D eigenvalue weighted by Gasteiger charge is -1.95. The van der Waals surface area contributed by atoms with E-state index in [1.165, 1.54) is 11.8 Å². The van der Waals surface area contributed by atoms with E-state index in [9.17, 15) is 4.79 Å². The van der Waals surface area contributed by atoms with Gasteiger partial charge in [0.15, 0.2) is 5.12 Å². The molecule has 3 nitrogen and oxygen atoms in total. The number of nitrogens with zero attached hydrogens (tertiary/aromatic N) is 2. The number of benzene rings is 1. The molecule has 0 saturated heterocycles. The Balaban J connectivity index is 2.03. The quantitative estimate of drug-likeness (QED) is 0.612. The number of carbonyl (C=O) groups excluding carboxylic acids is 1. The van der Waals surface area contributed by atoms with Crippen LogP contribution in [-0.4, -0.2) is 20.8 Å². The number of carbonyl (C=O) groups is 1. The fourth-order valence-electron chi connectivity index (χ4n) is 1.42. The molecule has 0 fully saturated rings. The highest BCUT2D eigenvalue weighted by Crippen LogP contribution is 2.07. The Labute approximate surface area is 110 Å². The first-order valence-electron chi connectivity index (χ1n) is 5.60. The predicted octanol–water partition coefficient (Wildman–Crippen LogP) is 2.65. The number of hydrogen-bond acceptors (Lipinski definition) is 4. The zero-order valence-corrected chi connectivity index (χ0v) is 10.8. The molecule has 18 heavy (non-hydrogen) atoms. The van der Waals surface area contributed by atoms with Crippen molar-refractivity contribution in [3.05, 3.63) is 36.2 Å². The number of rotatable bonds is 2. The van der Waals surface area contributed by atoms with Crippen LogP contribution in [0.25, 0.3) is 11.0 Å². The maximum atomic E-state index is 10.7. The minimum absolute atomic E-state index is 0.127. The standard InChI is InChI=1S/C14H12N2OS/c1-11(17)18-9-5-4-6-12-10-15-13-7-2-3-8-14(13)16-12/h2-3,7-8,10H,5,9H2,1H3. The summed E-state index contributed by atoms with van der Waals surface area (Å²) in [5.74, 6) is 6.68. The molecule has 0 atom stereocenters. The van der Waals surface area contributed by atoms with Gasteiger partial charge >= 0.3 is 0 Å². The number of hydrogen-bond donors (Lipinski definition) is 0. The molecular formula is C14H12N2OS. The molecule has 0 spiro atoms. The van der Waals surface area contributed by atoms with Gasteiger partial charge in [0.25, 0.3) is 0 Å². The van der Waals surface area contributed by atoms with Crippen LogP contribution >= 0.6 is 11.8 Å². The first-order chi connectivity index (χ1) is 8.75. The molecule has 0 bridgehead atoms. The summed E-state index contributed by atoms with van der Waals surface area (Å²) >= 11 is 1.29. The van der Waals surface area contributed by atoms with Crippen molar-refractivity contribution in [2.24, 2.45) is 0 Å². The summed E-state index contributed by atoms with van der Waals surface area (Å²) in [6.45, 7) is 1.56. The van der Waals surface area contributed by atoms with Crippen LogP contribution < -0.4 is 0 Å². The monoisotopic (exact) mass is 256 g/mol.